The van der Waals surface area contributed by atoms with E-state index in [1.165, 1.54) is 23.5 Å². The number of thiophene rings is 1. The molecule has 1 aromatic heterocycles. The number of ether oxygens (including phenoxy) is 1. The van der Waals surface area contributed by atoms with Crippen LogP contribution < -0.4 is 9.46 Å². The summed E-state index contributed by atoms with van der Waals surface area (Å²) in [6, 6.07) is 7.18. The van der Waals surface area contributed by atoms with Crippen molar-refractivity contribution in [3.63, 3.8) is 0 Å². The monoisotopic (exact) mass is 315 g/mol. The fourth-order valence-electron chi connectivity index (χ4n) is 1.58. The molecule has 0 aliphatic carbocycles. The third-order valence-electron chi connectivity index (χ3n) is 2.53. The number of hydrogen-bond acceptors (Lipinski definition) is 4. The Bertz CT molecular complexity index is 669. The van der Waals surface area contributed by atoms with Gasteiger partial charge in [0, 0.05) is 17.5 Å². The minimum absolute atomic E-state index is 0.0149. The average Bonchev–Trinajstić information content (AvgIpc) is 2.92. The molecule has 4 nitrogen and oxygen atoms in total. The van der Waals surface area contributed by atoms with Crippen LogP contribution in [0.25, 0.3) is 0 Å². The lowest BCUT2D eigenvalue weighted by atomic mass is 10.3. The van der Waals surface area contributed by atoms with E-state index in [-0.39, 0.29) is 23.8 Å². The first-order chi connectivity index (χ1) is 9.53. The number of rotatable bonds is 6. The van der Waals surface area contributed by atoms with Crippen molar-refractivity contribution in [1.29, 1.82) is 0 Å². The molecule has 2 aromatic rings. The Labute approximate surface area is 121 Å². The van der Waals surface area contributed by atoms with Crippen LogP contribution in [0.2, 0.25) is 0 Å². The summed E-state index contributed by atoms with van der Waals surface area (Å²) in [5.41, 5.74) is 0. The van der Waals surface area contributed by atoms with Gasteiger partial charge >= 0.3 is 0 Å². The van der Waals surface area contributed by atoms with Crippen molar-refractivity contribution in [2.45, 2.75) is 18.4 Å². The predicted molar refractivity (Wildman–Crippen MR) is 75.9 cm³/mol. The van der Waals surface area contributed by atoms with E-state index < -0.39 is 15.8 Å². The molecule has 0 aliphatic heterocycles. The van der Waals surface area contributed by atoms with Gasteiger partial charge in [0.15, 0.2) is 11.6 Å². The van der Waals surface area contributed by atoms with Gasteiger partial charge in [-0.1, -0.05) is 6.07 Å². The highest BCUT2D eigenvalue weighted by Gasteiger charge is 2.16. The van der Waals surface area contributed by atoms with E-state index in [4.69, 9.17) is 4.74 Å². The lowest BCUT2D eigenvalue weighted by Crippen LogP contribution is -2.22. The molecule has 0 amide bonds. The Kier molecular flexibility index (Phi) is 4.74. The molecular formula is C13H14FNO3S2. The molecule has 0 saturated heterocycles. The van der Waals surface area contributed by atoms with E-state index in [1.807, 2.05) is 17.5 Å². The zero-order chi connectivity index (χ0) is 14.6. The molecule has 108 valence electrons. The lowest BCUT2D eigenvalue weighted by Gasteiger charge is -2.09. The van der Waals surface area contributed by atoms with Crippen LogP contribution in [0.15, 0.2) is 40.6 Å². The summed E-state index contributed by atoms with van der Waals surface area (Å²) in [5, 5.41) is 1.87. The normalized spacial score (nSPS) is 11.5. The molecule has 0 radical (unpaired) electrons. The Hall–Kier alpha value is -1.44. The van der Waals surface area contributed by atoms with E-state index in [0.717, 1.165) is 10.9 Å². The van der Waals surface area contributed by atoms with Crippen LogP contribution >= 0.6 is 11.3 Å². The molecule has 0 saturated carbocycles. The van der Waals surface area contributed by atoms with Gasteiger partial charge < -0.3 is 4.74 Å². The predicted octanol–water partition coefficient (Wildman–Crippen LogP) is 2.76. The number of sulfonamides is 1. The van der Waals surface area contributed by atoms with Crippen molar-refractivity contribution in [2.24, 2.45) is 0 Å². The molecule has 0 bridgehead atoms. The molecule has 7 heteroatoms. The summed E-state index contributed by atoms with van der Waals surface area (Å²) >= 11 is 1.46. The summed E-state index contributed by atoms with van der Waals surface area (Å²) in [6.07, 6.45) is 0. The van der Waals surface area contributed by atoms with Crippen molar-refractivity contribution >= 4 is 21.4 Å². The summed E-state index contributed by atoms with van der Waals surface area (Å²) < 4.78 is 45.2. The van der Waals surface area contributed by atoms with Crippen molar-refractivity contribution in [3.05, 3.63) is 46.4 Å². The Morgan fingerprint density at radius 2 is 2.15 bits per heavy atom. The number of hydrogen-bond donors (Lipinski definition) is 1. The smallest absolute Gasteiger partial charge is 0.241 e. The molecule has 0 atom stereocenters. The first kappa shape index (κ1) is 15.0. The highest BCUT2D eigenvalue weighted by molar-refractivity contribution is 7.89. The first-order valence-corrected chi connectivity index (χ1v) is 8.33. The molecule has 1 N–H and O–H groups in total. The minimum Gasteiger partial charge on any atom is -0.491 e. The number of halogens is 1. The highest BCUT2D eigenvalue weighted by Crippen LogP contribution is 2.22. The second-order valence-corrected chi connectivity index (χ2v) is 6.73. The van der Waals surface area contributed by atoms with E-state index in [2.05, 4.69) is 4.72 Å². The van der Waals surface area contributed by atoms with Crippen molar-refractivity contribution in [2.75, 3.05) is 6.61 Å². The molecule has 0 spiro atoms. The second kappa shape index (κ2) is 6.34. The molecule has 0 aliphatic rings. The Morgan fingerprint density at radius 1 is 1.35 bits per heavy atom. The van der Waals surface area contributed by atoms with Crippen molar-refractivity contribution in [1.82, 2.24) is 4.72 Å². The minimum atomic E-state index is -3.68. The van der Waals surface area contributed by atoms with Gasteiger partial charge in [0.1, 0.15) is 0 Å². The Balaban J connectivity index is 2.18. The molecule has 20 heavy (non-hydrogen) atoms. The molecule has 1 heterocycles. The van der Waals surface area contributed by atoms with Crippen LogP contribution in [0.1, 0.15) is 11.8 Å². The van der Waals surface area contributed by atoms with Gasteiger partial charge in [-0.05, 0) is 30.5 Å². The average molecular weight is 315 g/mol. The Morgan fingerprint density at radius 3 is 2.80 bits per heavy atom. The lowest BCUT2D eigenvalue weighted by molar-refractivity contribution is 0.320. The summed E-state index contributed by atoms with van der Waals surface area (Å²) in [6.45, 7) is 2.18. The van der Waals surface area contributed by atoms with Crippen LogP contribution in [0.4, 0.5) is 4.39 Å². The molecule has 2 rings (SSSR count). The quantitative estimate of drug-likeness (QED) is 0.892. The van der Waals surface area contributed by atoms with Crippen molar-refractivity contribution < 1.29 is 17.5 Å². The second-order valence-electron chi connectivity index (χ2n) is 3.93. The van der Waals surface area contributed by atoms with Crippen LogP contribution in [-0.2, 0) is 16.6 Å². The summed E-state index contributed by atoms with van der Waals surface area (Å²) in [4.78, 5) is 0.889. The highest BCUT2D eigenvalue weighted by atomic mass is 32.2. The van der Waals surface area contributed by atoms with Gasteiger partial charge in [0.05, 0.1) is 11.5 Å². The summed E-state index contributed by atoms with van der Waals surface area (Å²) in [5.74, 6) is -0.643. The third-order valence-corrected chi connectivity index (χ3v) is 4.80. The fourth-order valence-corrected chi connectivity index (χ4v) is 3.34. The first-order valence-electron chi connectivity index (χ1n) is 5.97. The molecule has 1 aromatic carbocycles. The van der Waals surface area contributed by atoms with Gasteiger partial charge in [0.2, 0.25) is 10.0 Å². The maximum atomic E-state index is 13.4. The van der Waals surface area contributed by atoms with E-state index in [1.54, 1.807) is 6.92 Å². The van der Waals surface area contributed by atoms with Gasteiger partial charge in [-0.3, -0.25) is 0 Å². The van der Waals surface area contributed by atoms with Crippen LogP contribution in [0.5, 0.6) is 5.75 Å². The zero-order valence-electron chi connectivity index (χ0n) is 10.8. The number of benzene rings is 1. The van der Waals surface area contributed by atoms with Crippen molar-refractivity contribution in [3.8, 4) is 5.75 Å². The SMILES string of the molecule is CCOc1cc(S(=O)(=O)NCc2cccs2)ccc1F. The van der Waals surface area contributed by atoms with E-state index >= 15 is 0 Å². The standard InChI is InChI=1S/C13H14FNO3S2/c1-2-18-13-8-11(5-6-12(13)14)20(16,17)15-9-10-4-3-7-19-10/h3-8,15H,2,9H2,1H3. The zero-order valence-corrected chi connectivity index (χ0v) is 12.4. The van der Waals surface area contributed by atoms with Gasteiger partial charge in [0.25, 0.3) is 0 Å². The third kappa shape index (κ3) is 3.56. The van der Waals surface area contributed by atoms with Gasteiger partial charge in [-0.2, -0.15) is 0 Å². The maximum absolute atomic E-state index is 13.4. The van der Waals surface area contributed by atoms with E-state index in [9.17, 15) is 12.8 Å². The number of nitrogens with one attached hydrogen (secondary N) is 1. The van der Waals surface area contributed by atoms with Gasteiger partial charge in [-0.15, -0.1) is 11.3 Å². The van der Waals surface area contributed by atoms with Crippen LogP contribution in [0.3, 0.4) is 0 Å². The van der Waals surface area contributed by atoms with E-state index in [0.29, 0.717) is 0 Å². The molecule has 0 fully saturated rings. The molecular weight excluding hydrogens is 301 g/mol. The van der Waals surface area contributed by atoms with Crippen LogP contribution in [0, 0.1) is 5.82 Å². The van der Waals surface area contributed by atoms with Gasteiger partial charge in [-0.25, -0.2) is 17.5 Å². The summed E-state index contributed by atoms with van der Waals surface area (Å²) in [7, 11) is -3.68. The fraction of sp³-hybridized carbons (Fsp3) is 0.231. The van der Waals surface area contributed by atoms with Crippen LogP contribution in [-0.4, -0.2) is 15.0 Å². The maximum Gasteiger partial charge on any atom is 0.241 e. The largest absolute Gasteiger partial charge is 0.491 e. The topological polar surface area (TPSA) is 55.4 Å². The molecule has 0 unspecified atom stereocenters.